The van der Waals surface area contributed by atoms with E-state index in [4.69, 9.17) is 0 Å². The van der Waals surface area contributed by atoms with Gasteiger partial charge in [-0.3, -0.25) is 4.79 Å². The second-order valence-corrected chi connectivity index (χ2v) is 6.67. The van der Waals surface area contributed by atoms with E-state index in [2.05, 4.69) is 17.4 Å². The first-order valence-electron chi connectivity index (χ1n) is 8.77. The van der Waals surface area contributed by atoms with Gasteiger partial charge in [-0.05, 0) is 43.0 Å². The molecule has 0 atom stereocenters. The minimum atomic E-state index is -0.171. The highest BCUT2D eigenvalue weighted by Crippen LogP contribution is 2.18. The molecule has 2 aromatic carbocycles. The van der Waals surface area contributed by atoms with Gasteiger partial charge in [-0.25, -0.2) is 4.79 Å². The first-order chi connectivity index (χ1) is 12.4. The van der Waals surface area contributed by atoms with E-state index >= 15 is 0 Å². The number of amides is 3. The van der Waals surface area contributed by atoms with Crippen molar-refractivity contribution in [2.24, 2.45) is 0 Å². The minimum Gasteiger partial charge on any atom is -0.345 e. The maximum atomic E-state index is 12.4. The van der Waals surface area contributed by atoms with Crippen LogP contribution in [0, 0.1) is 6.92 Å². The number of benzene rings is 2. The fourth-order valence-electron chi connectivity index (χ4n) is 2.63. The zero-order chi connectivity index (χ0) is 19.1. The number of anilines is 1. The van der Waals surface area contributed by atoms with Gasteiger partial charge < -0.3 is 15.1 Å². The number of nitrogens with one attached hydrogen (secondary N) is 1. The highest BCUT2D eigenvalue weighted by atomic mass is 16.2. The second kappa shape index (κ2) is 9.04. The Morgan fingerprint density at radius 3 is 2.35 bits per heavy atom. The fourth-order valence-corrected chi connectivity index (χ4v) is 2.63. The van der Waals surface area contributed by atoms with E-state index in [0.29, 0.717) is 17.8 Å². The predicted molar refractivity (Wildman–Crippen MR) is 106 cm³/mol. The minimum absolute atomic E-state index is 0.0864. The van der Waals surface area contributed by atoms with Crippen LogP contribution in [0.3, 0.4) is 0 Å². The third-order valence-electron chi connectivity index (χ3n) is 4.28. The maximum absolute atomic E-state index is 12.4. The van der Waals surface area contributed by atoms with Crippen LogP contribution < -0.4 is 5.32 Å². The average molecular weight is 353 g/mol. The number of hydrogen-bond donors (Lipinski definition) is 1. The SMILES string of the molecule is Cc1ccc(C(=O)N(C)C)cc1NC(=O)N(C)CCCc1ccccc1. The Morgan fingerprint density at radius 2 is 1.69 bits per heavy atom. The first kappa shape index (κ1) is 19.5. The molecule has 0 aromatic heterocycles. The predicted octanol–water partition coefficient (Wildman–Crippen LogP) is 3.79. The molecular weight excluding hydrogens is 326 g/mol. The molecule has 3 amide bonds. The molecule has 0 aliphatic heterocycles. The summed E-state index contributed by atoms with van der Waals surface area (Å²) in [5.74, 6) is -0.0864. The van der Waals surface area contributed by atoms with Crippen molar-refractivity contribution in [1.29, 1.82) is 0 Å². The van der Waals surface area contributed by atoms with Crippen molar-refractivity contribution in [3.05, 3.63) is 65.2 Å². The van der Waals surface area contributed by atoms with Gasteiger partial charge in [0.2, 0.25) is 0 Å². The van der Waals surface area contributed by atoms with Crippen molar-refractivity contribution in [2.45, 2.75) is 19.8 Å². The number of aryl methyl sites for hydroxylation is 2. The van der Waals surface area contributed by atoms with Crippen LogP contribution >= 0.6 is 0 Å². The maximum Gasteiger partial charge on any atom is 0.321 e. The molecule has 0 saturated heterocycles. The van der Waals surface area contributed by atoms with Crippen molar-refractivity contribution in [3.63, 3.8) is 0 Å². The summed E-state index contributed by atoms with van der Waals surface area (Å²) in [4.78, 5) is 27.7. The number of urea groups is 1. The van der Waals surface area contributed by atoms with Gasteiger partial charge in [0.1, 0.15) is 0 Å². The number of carbonyl (C=O) groups excluding carboxylic acids is 2. The molecule has 138 valence electrons. The second-order valence-electron chi connectivity index (χ2n) is 6.67. The van der Waals surface area contributed by atoms with Crippen LogP contribution in [0.2, 0.25) is 0 Å². The molecule has 2 aromatic rings. The molecule has 2 rings (SSSR count). The summed E-state index contributed by atoms with van der Waals surface area (Å²) in [6.45, 7) is 2.57. The number of hydrogen-bond acceptors (Lipinski definition) is 2. The van der Waals surface area contributed by atoms with E-state index in [1.54, 1.807) is 38.2 Å². The molecule has 0 aliphatic carbocycles. The number of nitrogens with zero attached hydrogens (tertiary/aromatic N) is 2. The third-order valence-corrected chi connectivity index (χ3v) is 4.28. The van der Waals surface area contributed by atoms with Crippen LogP contribution in [-0.4, -0.2) is 49.4 Å². The highest BCUT2D eigenvalue weighted by Gasteiger charge is 2.13. The summed E-state index contributed by atoms with van der Waals surface area (Å²) in [5.41, 5.74) is 3.42. The molecule has 5 heteroatoms. The fraction of sp³-hybridized carbons (Fsp3) is 0.333. The number of carbonyl (C=O) groups is 2. The van der Waals surface area contributed by atoms with Crippen molar-refractivity contribution < 1.29 is 9.59 Å². The molecule has 1 N–H and O–H groups in total. The van der Waals surface area contributed by atoms with E-state index in [9.17, 15) is 9.59 Å². The first-order valence-corrected chi connectivity index (χ1v) is 8.77. The summed E-state index contributed by atoms with van der Waals surface area (Å²) in [6.07, 6.45) is 1.83. The quantitative estimate of drug-likeness (QED) is 0.859. The lowest BCUT2D eigenvalue weighted by molar-refractivity contribution is 0.0827. The third kappa shape index (κ3) is 5.34. The van der Waals surface area contributed by atoms with Gasteiger partial charge in [0.15, 0.2) is 0 Å². The molecule has 26 heavy (non-hydrogen) atoms. The molecule has 0 unspecified atom stereocenters. The zero-order valence-corrected chi connectivity index (χ0v) is 16.0. The molecule has 0 saturated carbocycles. The van der Waals surface area contributed by atoms with Crippen LogP contribution in [0.15, 0.2) is 48.5 Å². The van der Waals surface area contributed by atoms with Crippen LogP contribution in [0.5, 0.6) is 0 Å². The summed E-state index contributed by atoms with van der Waals surface area (Å²) >= 11 is 0. The topological polar surface area (TPSA) is 52.7 Å². The van der Waals surface area contributed by atoms with Gasteiger partial charge in [0.25, 0.3) is 5.91 Å². The van der Waals surface area contributed by atoms with Gasteiger partial charge in [-0.1, -0.05) is 36.4 Å². The van der Waals surface area contributed by atoms with E-state index < -0.39 is 0 Å². The van der Waals surface area contributed by atoms with E-state index in [1.807, 2.05) is 31.2 Å². The molecule has 0 bridgehead atoms. The van der Waals surface area contributed by atoms with Gasteiger partial charge in [-0.2, -0.15) is 0 Å². The summed E-state index contributed by atoms with van der Waals surface area (Å²) in [6, 6.07) is 15.4. The summed E-state index contributed by atoms with van der Waals surface area (Å²) in [7, 11) is 5.20. The smallest absolute Gasteiger partial charge is 0.321 e. The lowest BCUT2D eigenvalue weighted by atomic mass is 10.1. The summed E-state index contributed by atoms with van der Waals surface area (Å²) < 4.78 is 0. The van der Waals surface area contributed by atoms with Crippen molar-refractivity contribution in [3.8, 4) is 0 Å². The molecule has 0 radical (unpaired) electrons. The van der Waals surface area contributed by atoms with Gasteiger partial charge in [-0.15, -0.1) is 0 Å². The Kier molecular flexibility index (Phi) is 6.78. The van der Waals surface area contributed by atoms with Crippen LogP contribution in [0.1, 0.15) is 27.9 Å². The number of rotatable bonds is 6. The largest absolute Gasteiger partial charge is 0.345 e. The van der Waals surface area contributed by atoms with Crippen LogP contribution in [-0.2, 0) is 6.42 Å². The van der Waals surface area contributed by atoms with Crippen molar-refractivity contribution in [1.82, 2.24) is 9.80 Å². The monoisotopic (exact) mass is 353 g/mol. The van der Waals surface area contributed by atoms with Crippen LogP contribution in [0.25, 0.3) is 0 Å². The molecular formula is C21H27N3O2. The summed E-state index contributed by atoms with van der Waals surface area (Å²) in [5, 5.41) is 2.91. The van der Waals surface area contributed by atoms with E-state index in [1.165, 1.54) is 10.5 Å². The van der Waals surface area contributed by atoms with Gasteiger partial charge in [0, 0.05) is 38.9 Å². The Morgan fingerprint density at radius 1 is 1.00 bits per heavy atom. The lowest BCUT2D eigenvalue weighted by Gasteiger charge is -2.19. The normalized spacial score (nSPS) is 10.3. The Balaban J connectivity index is 1.93. The average Bonchev–Trinajstić information content (AvgIpc) is 2.63. The Hall–Kier alpha value is -2.82. The van der Waals surface area contributed by atoms with Gasteiger partial charge >= 0.3 is 6.03 Å². The molecule has 5 nitrogen and oxygen atoms in total. The van der Waals surface area contributed by atoms with E-state index in [0.717, 1.165) is 18.4 Å². The van der Waals surface area contributed by atoms with Gasteiger partial charge in [0.05, 0.1) is 0 Å². The standard InChI is InChI=1S/C21H27N3O2/c1-16-12-13-18(20(25)23(2)3)15-19(16)22-21(26)24(4)14-8-11-17-9-6-5-7-10-17/h5-7,9-10,12-13,15H,8,11,14H2,1-4H3,(H,22,26). The Bertz CT molecular complexity index is 757. The van der Waals surface area contributed by atoms with Crippen LogP contribution in [0.4, 0.5) is 10.5 Å². The van der Waals surface area contributed by atoms with Crippen molar-refractivity contribution >= 4 is 17.6 Å². The molecule has 0 spiro atoms. The highest BCUT2D eigenvalue weighted by molar-refractivity contribution is 5.97. The van der Waals surface area contributed by atoms with E-state index in [-0.39, 0.29) is 11.9 Å². The molecule has 0 aliphatic rings. The molecule has 0 fully saturated rings. The molecule has 0 heterocycles. The Labute approximate surface area is 155 Å². The zero-order valence-electron chi connectivity index (χ0n) is 16.0. The lowest BCUT2D eigenvalue weighted by Crippen LogP contribution is -2.32. The van der Waals surface area contributed by atoms with Crippen molar-refractivity contribution in [2.75, 3.05) is 33.0 Å².